The van der Waals surface area contributed by atoms with Gasteiger partial charge in [0.1, 0.15) is 5.92 Å². The van der Waals surface area contributed by atoms with Crippen LogP contribution in [-0.4, -0.2) is 70.7 Å². The summed E-state index contributed by atoms with van der Waals surface area (Å²) < 4.78 is 11.1. The zero-order valence-electron chi connectivity index (χ0n) is 32.1. The van der Waals surface area contributed by atoms with Gasteiger partial charge in [-0.15, -0.1) is 0 Å². The molecule has 0 aromatic heterocycles. The molecule has 11 nitrogen and oxygen atoms in total. The van der Waals surface area contributed by atoms with Gasteiger partial charge in [-0.25, -0.2) is 9.69 Å². The number of carbonyl (C=O) groups is 6. The Morgan fingerprint density at radius 2 is 1.47 bits per heavy atom. The van der Waals surface area contributed by atoms with Gasteiger partial charge in [0.2, 0.25) is 6.23 Å². The lowest BCUT2D eigenvalue weighted by Gasteiger charge is -2.29. The minimum Gasteiger partial charge on any atom is -0.465 e. The lowest BCUT2D eigenvalue weighted by Crippen LogP contribution is -2.55. The summed E-state index contributed by atoms with van der Waals surface area (Å²) in [5.41, 5.74) is -0.400. The fourth-order valence-corrected chi connectivity index (χ4v) is 6.22. The number of Topliss-reactive ketones (excluding diaryl/α,β-unsaturated/α-hetero) is 2. The Hall–Kier alpha value is -4.09. The molecule has 0 spiro atoms. The first-order chi connectivity index (χ1) is 25.2. The highest BCUT2D eigenvalue weighted by Crippen LogP contribution is 2.31. The number of urea groups is 1. The predicted octanol–water partition coefficient (Wildman–Crippen LogP) is 8.37. The van der Waals surface area contributed by atoms with Crippen LogP contribution in [0.3, 0.4) is 0 Å². The number of carbonyl (C=O) groups excluding carboxylic acids is 6. The monoisotopic (exact) mass is 753 g/mol. The van der Waals surface area contributed by atoms with Gasteiger partial charge in [0.25, 0.3) is 11.8 Å². The summed E-state index contributed by atoms with van der Waals surface area (Å²) in [6.07, 6.45) is 10.1. The molecule has 53 heavy (non-hydrogen) atoms. The topological polar surface area (TPSA) is 139 Å². The standard InChI is InChI=1S/C41H56ClN3O8/c1-7-9-10-11-12-13-14-15-16-20-25-53-39(50)28(3)34(46)30-23-24-31(42)32(26-30)43-36(48)33(35(47)41(4,5)6)45-37(49)38(52-8-2)44(40(45)51)27-29-21-18-17-19-22-29/h17-19,21-24,26,28,33,38H,7-16,20,25,27H2,1-6H3,(H,43,48). The van der Waals surface area contributed by atoms with Gasteiger partial charge in [0.05, 0.1) is 23.9 Å². The minimum atomic E-state index is -1.88. The van der Waals surface area contributed by atoms with Crippen molar-refractivity contribution in [3.05, 3.63) is 64.7 Å². The fraction of sp³-hybridized carbons (Fsp3) is 0.561. The van der Waals surface area contributed by atoms with Crippen LogP contribution in [0.15, 0.2) is 48.5 Å². The van der Waals surface area contributed by atoms with E-state index in [9.17, 15) is 28.8 Å². The van der Waals surface area contributed by atoms with E-state index in [4.69, 9.17) is 21.1 Å². The Balaban J connectivity index is 1.71. The average Bonchev–Trinajstić information content (AvgIpc) is 3.34. The Morgan fingerprint density at radius 1 is 0.868 bits per heavy atom. The molecule has 3 unspecified atom stereocenters. The molecule has 0 aliphatic carbocycles. The van der Waals surface area contributed by atoms with Crippen molar-refractivity contribution >= 4 is 52.7 Å². The first-order valence-corrected chi connectivity index (χ1v) is 19.2. The van der Waals surface area contributed by atoms with E-state index in [1.54, 1.807) is 52.0 Å². The number of nitrogens with one attached hydrogen (secondary N) is 1. The number of ketones is 2. The summed E-state index contributed by atoms with van der Waals surface area (Å²) in [4.78, 5) is 83.5. The smallest absolute Gasteiger partial charge is 0.330 e. The van der Waals surface area contributed by atoms with Gasteiger partial charge in [-0.2, -0.15) is 0 Å². The SMILES string of the molecule is CCCCCCCCCCCCOC(=O)C(C)C(=O)c1ccc(Cl)c(NC(=O)C(C(=O)C(C)(C)C)N2C(=O)C(OCC)N(Cc3ccccc3)C2=O)c1. The molecule has 2 aromatic rings. The van der Waals surface area contributed by atoms with Crippen LogP contribution in [0.5, 0.6) is 0 Å². The van der Waals surface area contributed by atoms with Crippen LogP contribution in [0.1, 0.15) is 122 Å². The normalized spacial score (nSPS) is 15.7. The third kappa shape index (κ3) is 12.2. The van der Waals surface area contributed by atoms with Crippen molar-refractivity contribution in [1.29, 1.82) is 0 Å². The number of esters is 1. The second kappa shape index (κ2) is 21.0. The third-order valence-electron chi connectivity index (χ3n) is 9.20. The summed E-state index contributed by atoms with van der Waals surface area (Å²) in [7, 11) is 0. The largest absolute Gasteiger partial charge is 0.465 e. The molecule has 1 aliphatic heterocycles. The summed E-state index contributed by atoms with van der Waals surface area (Å²) >= 11 is 6.44. The van der Waals surface area contributed by atoms with Gasteiger partial charge in [-0.05, 0) is 44.0 Å². The number of benzene rings is 2. The second-order valence-corrected chi connectivity index (χ2v) is 15.0. The Labute approximate surface area is 319 Å². The van der Waals surface area contributed by atoms with Crippen molar-refractivity contribution in [2.45, 2.75) is 125 Å². The van der Waals surface area contributed by atoms with E-state index in [-0.39, 0.29) is 36.0 Å². The molecule has 0 saturated carbocycles. The highest BCUT2D eigenvalue weighted by atomic mass is 35.5. The van der Waals surface area contributed by atoms with Gasteiger partial charge in [0, 0.05) is 17.6 Å². The molecular formula is C41H56ClN3O8. The van der Waals surface area contributed by atoms with E-state index < -0.39 is 59.0 Å². The number of hydrogen-bond acceptors (Lipinski definition) is 8. The second-order valence-electron chi connectivity index (χ2n) is 14.5. The number of amides is 4. The first kappa shape index (κ1) is 43.3. The summed E-state index contributed by atoms with van der Waals surface area (Å²) in [5, 5.41) is 2.60. The minimum absolute atomic E-state index is 0.000482. The van der Waals surface area contributed by atoms with Crippen molar-refractivity contribution in [3.63, 3.8) is 0 Å². The van der Waals surface area contributed by atoms with E-state index in [1.807, 2.05) is 6.07 Å². The number of nitrogens with zero attached hydrogens (tertiary/aromatic N) is 2. The van der Waals surface area contributed by atoms with Crippen molar-refractivity contribution in [2.24, 2.45) is 11.3 Å². The van der Waals surface area contributed by atoms with Crippen LogP contribution < -0.4 is 5.32 Å². The summed E-state index contributed by atoms with van der Waals surface area (Å²) in [6, 6.07) is 10.3. The Morgan fingerprint density at radius 3 is 2.06 bits per heavy atom. The third-order valence-corrected chi connectivity index (χ3v) is 9.53. The average molecular weight is 754 g/mol. The van der Waals surface area contributed by atoms with E-state index in [0.717, 1.165) is 19.3 Å². The molecule has 1 N–H and O–H groups in total. The number of halogens is 1. The van der Waals surface area contributed by atoms with Gasteiger partial charge in [-0.3, -0.25) is 28.9 Å². The maximum absolute atomic E-state index is 14.0. The van der Waals surface area contributed by atoms with E-state index in [1.165, 1.54) is 68.5 Å². The number of rotatable bonds is 22. The number of unbranched alkanes of at least 4 members (excludes halogenated alkanes) is 9. The van der Waals surface area contributed by atoms with Crippen LogP contribution in [-0.2, 0) is 35.2 Å². The lowest BCUT2D eigenvalue weighted by atomic mass is 9.85. The van der Waals surface area contributed by atoms with Crippen molar-refractivity contribution in [2.75, 3.05) is 18.5 Å². The molecule has 1 heterocycles. The van der Waals surface area contributed by atoms with Crippen LogP contribution in [0.2, 0.25) is 5.02 Å². The molecule has 0 radical (unpaired) electrons. The Kier molecular flexibility index (Phi) is 17.1. The molecular weight excluding hydrogens is 698 g/mol. The fourth-order valence-electron chi connectivity index (χ4n) is 6.06. The quantitative estimate of drug-likeness (QED) is 0.0416. The molecule has 12 heteroatoms. The molecule has 4 amide bonds. The maximum Gasteiger partial charge on any atom is 0.330 e. The Bertz CT molecular complexity index is 1570. The number of anilines is 1. The van der Waals surface area contributed by atoms with E-state index in [0.29, 0.717) is 16.9 Å². The number of imide groups is 1. The van der Waals surface area contributed by atoms with Gasteiger partial charge < -0.3 is 14.8 Å². The molecule has 290 valence electrons. The zero-order valence-corrected chi connectivity index (χ0v) is 32.8. The molecule has 1 fully saturated rings. The molecule has 0 bridgehead atoms. The lowest BCUT2D eigenvalue weighted by molar-refractivity contribution is -0.149. The zero-order chi connectivity index (χ0) is 39.1. The molecule has 3 rings (SSSR count). The van der Waals surface area contributed by atoms with Crippen LogP contribution in [0.25, 0.3) is 0 Å². The molecule has 1 aliphatic rings. The first-order valence-electron chi connectivity index (χ1n) is 18.9. The van der Waals surface area contributed by atoms with Crippen molar-refractivity contribution < 1.29 is 38.2 Å². The highest BCUT2D eigenvalue weighted by molar-refractivity contribution is 6.34. The number of hydrogen-bond donors (Lipinski definition) is 1. The maximum atomic E-state index is 14.0. The highest BCUT2D eigenvalue weighted by Gasteiger charge is 2.54. The molecule has 3 atom stereocenters. The van der Waals surface area contributed by atoms with Crippen molar-refractivity contribution in [1.82, 2.24) is 9.80 Å². The van der Waals surface area contributed by atoms with E-state index in [2.05, 4.69) is 12.2 Å². The molecule has 1 saturated heterocycles. The van der Waals surface area contributed by atoms with Gasteiger partial charge >= 0.3 is 12.0 Å². The van der Waals surface area contributed by atoms with Crippen LogP contribution in [0, 0.1) is 11.3 Å². The predicted molar refractivity (Wildman–Crippen MR) is 204 cm³/mol. The summed E-state index contributed by atoms with van der Waals surface area (Å²) in [5.74, 6) is -4.88. The van der Waals surface area contributed by atoms with Gasteiger partial charge in [-0.1, -0.05) is 127 Å². The van der Waals surface area contributed by atoms with Crippen LogP contribution >= 0.6 is 11.6 Å². The molecule has 2 aromatic carbocycles. The van der Waals surface area contributed by atoms with E-state index >= 15 is 0 Å². The van der Waals surface area contributed by atoms with Crippen LogP contribution in [0.4, 0.5) is 10.5 Å². The van der Waals surface area contributed by atoms with Gasteiger partial charge in [0.15, 0.2) is 17.6 Å². The summed E-state index contributed by atoms with van der Waals surface area (Å²) in [6.45, 7) is 10.4. The van der Waals surface area contributed by atoms with Crippen molar-refractivity contribution in [3.8, 4) is 0 Å². The number of ether oxygens (including phenoxy) is 2.